The fourth-order valence-corrected chi connectivity index (χ4v) is 2.12. The number of ether oxygens (including phenoxy) is 1. The summed E-state index contributed by atoms with van der Waals surface area (Å²) < 4.78 is 7.28. The molecule has 1 heterocycles. The third kappa shape index (κ3) is 4.59. The maximum absolute atomic E-state index is 6.26. The maximum atomic E-state index is 6.26. The predicted molar refractivity (Wildman–Crippen MR) is 75.0 cm³/mol. The standard InChI is InChI=1S/C13H24ClN3O/c1-4-8-18-9-6-7-15-10-12-13(14)11(5-2)16-17(12)3/h15H,4-10H2,1-3H3. The average molecular weight is 274 g/mol. The summed E-state index contributed by atoms with van der Waals surface area (Å²) in [5.74, 6) is 0. The zero-order chi connectivity index (χ0) is 13.4. The minimum absolute atomic E-state index is 0.760. The number of nitrogens with one attached hydrogen (secondary N) is 1. The van der Waals surface area contributed by atoms with Crippen molar-refractivity contribution in [3.8, 4) is 0 Å². The predicted octanol–water partition coefficient (Wildman–Crippen LogP) is 2.54. The Morgan fingerprint density at radius 1 is 1.33 bits per heavy atom. The quantitative estimate of drug-likeness (QED) is 0.703. The van der Waals surface area contributed by atoms with Crippen LogP contribution in [0.25, 0.3) is 0 Å². The fraction of sp³-hybridized carbons (Fsp3) is 0.769. The summed E-state index contributed by atoms with van der Waals surface area (Å²) in [6.45, 7) is 7.56. The molecule has 18 heavy (non-hydrogen) atoms. The van der Waals surface area contributed by atoms with E-state index in [0.29, 0.717) is 0 Å². The summed E-state index contributed by atoms with van der Waals surface area (Å²) in [6, 6.07) is 0. The van der Waals surface area contributed by atoms with E-state index < -0.39 is 0 Å². The Labute approximate surface area is 115 Å². The van der Waals surface area contributed by atoms with Gasteiger partial charge in [0, 0.05) is 26.8 Å². The lowest BCUT2D eigenvalue weighted by Crippen LogP contribution is -2.18. The van der Waals surface area contributed by atoms with Gasteiger partial charge in [-0.1, -0.05) is 25.4 Å². The molecule has 0 unspecified atom stereocenters. The molecule has 104 valence electrons. The van der Waals surface area contributed by atoms with Crippen LogP contribution in [-0.2, 0) is 24.8 Å². The second-order valence-corrected chi connectivity index (χ2v) is 4.71. The highest BCUT2D eigenvalue weighted by Gasteiger charge is 2.11. The van der Waals surface area contributed by atoms with Gasteiger partial charge in [0.05, 0.1) is 16.4 Å². The summed E-state index contributed by atoms with van der Waals surface area (Å²) in [5, 5.41) is 8.56. The monoisotopic (exact) mass is 273 g/mol. The van der Waals surface area contributed by atoms with Crippen molar-refractivity contribution in [2.24, 2.45) is 7.05 Å². The molecule has 0 amide bonds. The van der Waals surface area contributed by atoms with E-state index >= 15 is 0 Å². The second-order valence-electron chi connectivity index (χ2n) is 4.33. The molecule has 1 aromatic heterocycles. The lowest BCUT2D eigenvalue weighted by Gasteiger charge is -2.06. The van der Waals surface area contributed by atoms with E-state index in [0.717, 1.165) is 62.0 Å². The van der Waals surface area contributed by atoms with Crippen LogP contribution < -0.4 is 5.32 Å². The Kier molecular flexibility index (Phi) is 7.32. The molecule has 0 aliphatic carbocycles. The van der Waals surface area contributed by atoms with E-state index in [2.05, 4.69) is 24.3 Å². The van der Waals surface area contributed by atoms with E-state index in [-0.39, 0.29) is 0 Å². The van der Waals surface area contributed by atoms with Crippen LogP contribution in [-0.4, -0.2) is 29.5 Å². The number of aryl methyl sites for hydroxylation is 2. The minimum atomic E-state index is 0.760. The van der Waals surface area contributed by atoms with Crippen molar-refractivity contribution in [3.63, 3.8) is 0 Å². The molecular formula is C13H24ClN3O. The maximum Gasteiger partial charge on any atom is 0.0863 e. The van der Waals surface area contributed by atoms with Crippen LogP contribution in [0.1, 0.15) is 38.1 Å². The molecule has 0 saturated carbocycles. The molecule has 0 aliphatic heterocycles. The van der Waals surface area contributed by atoms with E-state index in [4.69, 9.17) is 16.3 Å². The van der Waals surface area contributed by atoms with Gasteiger partial charge in [-0.05, 0) is 25.8 Å². The summed E-state index contributed by atoms with van der Waals surface area (Å²) in [4.78, 5) is 0. The number of nitrogens with zero attached hydrogens (tertiary/aromatic N) is 2. The van der Waals surface area contributed by atoms with Gasteiger partial charge in [-0.25, -0.2) is 0 Å². The Morgan fingerprint density at radius 2 is 2.11 bits per heavy atom. The first-order valence-corrected chi connectivity index (χ1v) is 7.07. The first-order chi connectivity index (χ1) is 8.70. The molecular weight excluding hydrogens is 250 g/mol. The molecule has 1 rings (SSSR count). The summed E-state index contributed by atoms with van der Waals surface area (Å²) in [5.41, 5.74) is 2.03. The molecule has 0 aromatic carbocycles. The van der Waals surface area contributed by atoms with E-state index in [1.165, 1.54) is 0 Å². The normalized spacial score (nSPS) is 11.1. The van der Waals surface area contributed by atoms with Crippen LogP contribution in [0, 0.1) is 0 Å². The number of hydrogen-bond donors (Lipinski definition) is 1. The zero-order valence-corrected chi connectivity index (χ0v) is 12.4. The summed E-state index contributed by atoms with van der Waals surface area (Å²) in [7, 11) is 1.94. The Balaban J connectivity index is 2.25. The van der Waals surface area contributed by atoms with Gasteiger partial charge < -0.3 is 10.1 Å². The summed E-state index contributed by atoms with van der Waals surface area (Å²) in [6.07, 6.45) is 2.98. The summed E-state index contributed by atoms with van der Waals surface area (Å²) >= 11 is 6.26. The van der Waals surface area contributed by atoms with Gasteiger partial charge >= 0.3 is 0 Å². The van der Waals surface area contributed by atoms with Crippen molar-refractivity contribution in [2.45, 2.75) is 39.7 Å². The van der Waals surface area contributed by atoms with Crippen molar-refractivity contribution < 1.29 is 4.74 Å². The lowest BCUT2D eigenvalue weighted by molar-refractivity contribution is 0.132. The van der Waals surface area contributed by atoms with Gasteiger partial charge in [0.25, 0.3) is 0 Å². The third-order valence-corrected chi connectivity index (χ3v) is 3.22. The first-order valence-electron chi connectivity index (χ1n) is 6.69. The smallest absolute Gasteiger partial charge is 0.0863 e. The molecule has 4 nitrogen and oxygen atoms in total. The molecule has 0 atom stereocenters. The Hall–Kier alpha value is -0.580. The molecule has 0 bridgehead atoms. The topological polar surface area (TPSA) is 39.1 Å². The Bertz CT molecular complexity index is 352. The molecule has 0 radical (unpaired) electrons. The largest absolute Gasteiger partial charge is 0.381 e. The van der Waals surface area contributed by atoms with Crippen LogP contribution >= 0.6 is 11.6 Å². The van der Waals surface area contributed by atoms with Crippen molar-refractivity contribution in [1.29, 1.82) is 0 Å². The van der Waals surface area contributed by atoms with Crippen LogP contribution in [0.4, 0.5) is 0 Å². The molecule has 0 spiro atoms. The molecule has 5 heteroatoms. The highest BCUT2D eigenvalue weighted by molar-refractivity contribution is 6.31. The van der Waals surface area contributed by atoms with E-state index in [1.807, 2.05) is 11.7 Å². The molecule has 0 saturated heterocycles. The van der Waals surface area contributed by atoms with Crippen LogP contribution in [0.5, 0.6) is 0 Å². The third-order valence-electron chi connectivity index (χ3n) is 2.79. The Morgan fingerprint density at radius 3 is 2.72 bits per heavy atom. The molecule has 1 N–H and O–H groups in total. The minimum Gasteiger partial charge on any atom is -0.381 e. The fourth-order valence-electron chi connectivity index (χ4n) is 1.76. The van der Waals surface area contributed by atoms with Crippen LogP contribution in [0.15, 0.2) is 0 Å². The van der Waals surface area contributed by atoms with Gasteiger partial charge in [0.15, 0.2) is 0 Å². The van der Waals surface area contributed by atoms with Crippen LogP contribution in [0.3, 0.4) is 0 Å². The van der Waals surface area contributed by atoms with Gasteiger partial charge in [0.2, 0.25) is 0 Å². The molecule has 0 aliphatic rings. The average Bonchev–Trinajstić information content (AvgIpc) is 2.64. The molecule has 0 fully saturated rings. The SMILES string of the molecule is CCCOCCCNCc1c(Cl)c(CC)nn1C. The van der Waals surface area contributed by atoms with Crippen molar-refractivity contribution in [3.05, 3.63) is 16.4 Å². The second kappa shape index (κ2) is 8.51. The number of halogens is 1. The van der Waals surface area contributed by atoms with E-state index in [9.17, 15) is 0 Å². The van der Waals surface area contributed by atoms with Crippen molar-refractivity contribution >= 4 is 11.6 Å². The number of aromatic nitrogens is 2. The van der Waals surface area contributed by atoms with Crippen LogP contribution in [0.2, 0.25) is 5.02 Å². The van der Waals surface area contributed by atoms with Gasteiger partial charge in [0.1, 0.15) is 0 Å². The highest BCUT2D eigenvalue weighted by Crippen LogP contribution is 2.20. The van der Waals surface area contributed by atoms with Crippen molar-refractivity contribution in [1.82, 2.24) is 15.1 Å². The first kappa shape index (κ1) is 15.5. The number of rotatable bonds is 9. The lowest BCUT2D eigenvalue weighted by atomic mass is 10.3. The number of hydrogen-bond acceptors (Lipinski definition) is 3. The van der Waals surface area contributed by atoms with Gasteiger partial charge in [-0.15, -0.1) is 0 Å². The van der Waals surface area contributed by atoms with E-state index in [1.54, 1.807) is 0 Å². The highest BCUT2D eigenvalue weighted by atomic mass is 35.5. The zero-order valence-electron chi connectivity index (χ0n) is 11.6. The van der Waals surface area contributed by atoms with Crippen molar-refractivity contribution in [2.75, 3.05) is 19.8 Å². The molecule has 1 aromatic rings. The van der Waals surface area contributed by atoms with Gasteiger partial charge in [-0.3, -0.25) is 4.68 Å². The van der Waals surface area contributed by atoms with Gasteiger partial charge in [-0.2, -0.15) is 5.10 Å².